The maximum absolute atomic E-state index is 12.3. The van der Waals surface area contributed by atoms with Gasteiger partial charge in [-0.2, -0.15) is 0 Å². The molecule has 0 saturated carbocycles. The van der Waals surface area contributed by atoms with Crippen LogP contribution in [0.4, 0.5) is 17.1 Å². The average molecular weight is 396 g/mol. The minimum Gasteiger partial charge on any atom is -0.376 e. The number of hydrogen-bond donors (Lipinski definition) is 4. The minimum absolute atomic E-state index is 0.0501. The van der Waals surface area contributed by atoms with E-state index in [1.165, 1.54) is 0 Å². The van der Waals surface area contributed by atoms with E-state index in [-0.39, 0.29) is 30.3 Å². The lowest BCUT2D eigenvalue weighted by atomic mass is 10.1. The molecule has 4 N–H and O–H groups in total. The second-order valence-electron chi connectivity index (χ2n) is 6.75. The molecule has 7 nitrogen and oxygen atoms in total. The Balaban J connectivity index is 1.91. The van der Waals surface area contributed by atoms with E-state index in [1.54, 1.807) is 49.4 Å². The van der Waals surface area contributed by atoms with Crippen molar-refractivity contribution in [2.75, 3.05) is 22.5 Å². The molecular formula is C22H28N4O3. The highest BCUT2D eigenvalue weighted by molar-refractivity contribution is 5.98. The molecule has 2 rings (SSSR count). The number of anilines is 3. The van der Waals surface area contributed by atoms with E-state index in [4.69, 9.17) is 0 Å². The average Bonchev–Trinajstić information content (AvgIpc) is 2.72. The standard InChI is InChI=1S/C22H28N4O3/c1-4-15(3)24-22(29)16-8-6-10-18(12-16)26-21(28)14-23-17-9-7-11-19(13-17)25-20(27)5-2/h6-13,15,23H,4-5,14H2,1-3H3,(H,24,29)(H,25,27)(H,26,28). The molecule has 0 radical (unpaired) electrons. The smallest absolute Gasteiger partial charge is 0.251 e. The van der Waals surface area contributed by atoms with E-state index in [0.717, 1.165) is 12.1 Å². The summed E-state index contributed by atoms with van der Waals surface area (Å²) >= 11 is 0. The molecule has 0 bridgehead atoms. The molecule has 0 saturated heterocycles. The van der Waals surface area contributed by atoms with Crippen LogP contribution in [0, 0.1) is 0 Å². The Morgan fingerprint density at radius 1 is 0.862 bits per heavy atom. The van der Waals surface area contributed by atoms with Gasteiger partial charge in [-0.3, -0.25) is 14.4 Å². The number of amides is 3. The van der Waals surface area contributed by atoms with Crippen LogP contribution in [-0.4, -0.2) is 30.3 Å². The fraction of sp³-hybridized carbons (Fsp3) is 0.318. The molecule has 0 aliphatic heterocycles. The van der Waals surface area contributed by atoms with Gasteiger partial charge in [-0.1, -0.05) is 26.0 Å². The van der Waals surface area contributed by atoms with Crippen LogP contribution in [0.2, 0.25) is 0 Å². The van der Waals surface area contributed by atoms with Crippen LogP contribution >= 0.6 is 0 Å². The van der Waals surface area contributed by atoms with Crippen molar-refractivity contribution in [2.24, 2.45) is 0 Å². The van der Waals surface area contributed by atoms with Crippen LogP contribution in [-0.2, 0) is 9.59 Å². The van der Waals surface area contributed by atoms with Gasteiger partial charge in [0.15, 0.2) is 0 Å². The zero-order valence-corrected chi connectivity index (χ0v) is 17.0. The van der Waals surface area contributed by atoms with Crippen molar-refractivity contribution in [3.05, 3.63) is 54.1 Å². The predicted octanol–water partition coefficient (Wildman–Crippen LogP) is 3.61. The van der Waals surface area contributed by atoms with Gasteiger partial charge in [-0.25, -0.2) is 0 Å². The summed E-state index contributed by atoms with van der Waals surface area (Å²) in [4.78, 5) is 36.0. The van der Waals surface area contributed by atoms with E-state index in [1.807, 2.05) is 19.9 Å². The molecule has 1 unspecified atom stereocenters. The first kappa shape index (κ1) is 21.9. The topological polar surface area (TPSA) is 99.3 Å². The van der Waals surface area contributed by atoms with Crippen molar-refractivity contribution in [1.82, 2.24) is 5.32 Å². The molecule has 2 aromatic rings. The molecule has 0 aliphatic carbocycles. The largest absolute Gasteiger partial charge is 0.376 e. The fourth-order valence-corrected chi connectivity index (χ4v) is 2.49. The zero-order valence-electron chi connectivity index (χ0n) is 17.0. The quantitative estimate of drug-likeness (QED) is 0.520. The Bertz CT molecular complexity index is 867. The van der Waals surface area contributed by atoms with Gasteiger partial charge in [0, 0.05) is 35.1 Å². The first-order valence-electron chi connectivity index (χ1n) is 9.75. The van der Waals surface area contributed by atoms with Crippen LogP contribution in [0.1, 0.15) is 44.0 Å². The summed E-state index contributed by atoms with van der Waals surface area (Å²) in [5.41, 5.74) is 2.44. The SMILES string of the molecule is CCC(=O)Nc1cccc(NCC(=O)Nc2cccc(C(=O)NC(C)CC)c2)c1. The van der Waals surface area contributed by atoms with Crippen molar-refractivity contribution in [3.63, 3.8) is 0 Å². The minimum atomic E-state index is -0.243. The summed E-state index contributed by atoms with van der Waals surface area (Å²) in [7, 11) is 0. The van der Waals surface area contributed by atoms with Gasteiger partial charge < -0.3 is 21.3 Å². The highest BCUT2D eigenvalue weighted by Gasteiger charge is 2.10. The normalized spacial score (nSPS) is 11.3. The van der Waals surface area contributed by atoms with Gasteiger partial charge in [0.2, 0.25) is 11.8 Å². The molecule has 7 heteroatoms. The van der Waals surface area contributed by atoms with E-state index < -0.39 is 0 Å². The number of hydrogen-bond acceptors (Lipinski definition) is 4. The van der Waals surface area contributed by atoms with Crippen molar-refractivity contribution < 1.29 is 14.4 Å². The second-order valence-corrected chi connectivity index (χ2v) is 6.75. The van der Waals surface area contributed by atoms with Crippen LogP contribution in [0.15, 0.2) is 48.5 Å². The molecule has 1 atom stereocenters. The Kier molecular flexibility index (Phi) is 8.21. The summed E-state index contributed by atoms with van der Waals surface area (Å²) < 4.78 is 0. The van der Waals surface area contributed by atoms with Crippen LogP contribution in [0.5, 0.6) is 0 Å². The predicted molar refractivity (Wildman–Crippen MR) is 116 cm³/mol. The van der Waals surface area contributed by atoms with Crippen molar-refractivity contribution in [2.45, 2.75) is 39.7 Å². The maximum Gasteiger partial charge on any atom is 0.251 e. The summed E-state index contributed by atoms with van der Waals surface area (Å²) in [5.74, 6) is -0.482. The van der Waals surface area contributed by atoms with E-state index in [0.29, 0.717) is 23.4 Å². The molecule has 2 aromatic carbocycles. The van der Waals surface area contributed by atoms with Gasteiger partial charge in [-0.15, -0.1) is 0 Å². The van der Waals surface area contributed by atoms with Crippen LogP contribution in [0.25, 0.3) is 0 Å². The number of rotatable bonds is 9. The third-order valence-corrected chi connectivity index (χ3v) is 4.32. The Labute approximate surface area is 171 Å². The zero-order chi connectivity index (χ0) is 21.2. The van der Waals surface area contributed by atoms with Crippen molar-refractivity contribution in [1.29, 1.82) is 0 Å². The Hall–Kier alpha value is -3.35. The summed E-state index contributed by atoms with van der Waals surface area (Å²) in [5, 5.41) is 11.5. The monoisotopic (exact) mass is 396 g/mol. The van der Waals surface area contributed by atoms with Crippen LogP contribution in [0.3, 0.4) is 0 Å². The van der Waals surface area contributed by atoms with Gasteiger partial charge in [0.1, 0.15) is 0 Å². The molecular weight excluding hydrogens is 368 g/mol. The molecule has 0 fully saturated rings. The first-order valence-corrected chi connectivity index (χ1v) is 9.75. The lowest BCUT2D eigenvalue weighted by Gasteiger charge is -2.13. The number of carbonyl (C=O) groups excluding carboxylic acids is 3. The van der Waals surface area contributed by atoms with Gasteiger partial charge in [0.25, 0.3) is 5.91 Å². The summed E-state index contributed by atoms with van der Waals surface area (Å²) in [6.07, 6.45) is 1.24. The van der Waals surface area contributed by atoms with E-state index in [2.05, 4.69) is 21.3 Å². The number of benzene rings is 2. The molecule has 0 heterocycles. The molecule has 29 heavy (non-hydrogen) atoms. The Morgan fingerprint density at radius 3 is 2.17 bits per heavy atom. The third-order valence-electron chi connectivity index (χ3n) is 4.32. The summed E-state index contributed by atoms with van der Waals surface area (Å²) in [6, 6.07) is 14.1. The van der Waals surface area contributed by atoms with Crippen LogP contribution < -0.4 is 21.3 Å². The number of nitrogens with one attached hydrogen (secondary N) is 4. The third kappa shape index (κ3) is 7.29. The molecule has 3 amide bonds. The highest BCUT2D eigenvalue weighted by atomic mass is 16.2. The maximum atomic E-state index is 12.3. The van der Waals surface area contributed by atoms with Gasteiger partial charge in [-0.05, 0) is 49.7 Å². The van der Waals surface area contributed by atoms with Gasteiger partial charge in [0.05, 0.1) is 6.54 Å². The second kappa shape index (κ2) is 10.8. The molecule has 0 aromatic heterocycles. The lowest BCUT2D eigenvalue weighted by molar-refractivity contribution is -0.116. The fourth-order valence-electron chi connectivity index (χ4n) is 2.49. The van der Waals surface area contributed by atoms with E-state index in [9.17, 15) is 14.4 Å². The van der Waals surface area contributed by atoms with Gasteiger partial charge >= 0.3 is 0 Å². The molecule has 0 aliphatic rings. The number of carbonyl (C=O) groups is 3. The van der Waals surface area contributed by atoms with Crippen molar-refractivity contribution in [3.8, 4) is 0 Å². The molecule has 0 spiro atoms. The molecule has 154 valence electrons. The highest BCUT2D eigenvalue weighted by Crippen LogP contribution is 2.15. The first-order chi connectivity index (χ1) is 13.9. The summed E-state index contributed by atoms with van der Waals surface area (Å²) in [6.45, 7) is 5.78. The van der Waals surface area contributed by atoms with Crippen molar-refractivity contribution >= 4 is 34.8 Å². The Morgan fingerprint density at radius 2 is 1.48 bits per heavy atom. The lowest BCUT2D eigenvalue weighted by Crippen LogP contribution is -2.32. The van der Waals surface area contributed by atoms with E-state index >= 15 is 0 Å².